The van der Waals surface area contributed by atoms with E-state index in [2.05, 4.69) is 20.8 Å². The maximum atomic E-state index is 2.28. The number of likely N-dealkylation sites (tertiary alicyclic amines) is 1. The van der Waals surface area contributed by atoms with E-state index in [1.807, 2.05) is 4.90 Å². The largest absolute Gasteiger partial charge is 0.870 e. The molecule has 1 saturated heterocycles. The molecule has 0 unspecified atom stereocenters. The molecular formula is C13H31NO. The van der Waals surface area contributed by atoms with E-state index in [9.17, 15) is 0 Å². The Labute approximate surface area is 96.4 Å². The van der Waals surface area contributed by atoms with Crippen LogP contribution in [-0.2, 0) is 0 Å². The third-order valence-electron chi connectivity index (χ3n) is 2.94. The Hall–Kier alpha value is -0.0800. The van der Waals surface area contributed by atoms with Crippen LogP contribution in [0.2, 0.25) is 0 Å². The minimum absolute atomic E-state index is 0. The number of hydrogen-bond acceptors (Lipinski definition) is 1. The first kappa shape index (κ1) is 17.3. The van der Waals surface area contributed by atoms with Crippen molar-refractivity contribution in [3.63, 3.8) is 0 Å². The summed E-state index contributed by atoms with van der Waals surface area (Å²) in [6.07, 6.45) is 9.85. The molecule has 1 rings (SSSR count). The fourth-order valence-electron chi connectivity index (χ4n) is 1.73. The molecule has 0 bridgehead atoms. The molecule has 2 N–H and O–H groups in total. The van der Waals surface area contributed by atoms with Crippen LogP contribution < -0.4 is 4.90 Å². The van der Waals surface area contributed by atoms with Gasteiger partial charge < -0.3 is 10.4 Å². The van der Waals surface area contributed by atoms with Crippen molar-refractivity contribution < 1.29 is 10.4 Å². The summed E-state index contributed by atoms with van der Waals surface area (Å²) in [5, 5.41) is 0. The lowest BCUT2D eigenvalue weighted by Crippen LogP contribution is -3.12. The van der Waals surface area contributed by atoms with Gasteiger partial charge in [0, 0.05) is 0 Å². The molecule has 0 amide bonds. The van der Waals surface area contributed by atoms with E-state index in [1.54, 1.807) is 0 Å². The molecule has 2 nitrogen and oxygen atoms in total. The topological polar surface area (TPSA) is 34.4 Å². The lowest BCUT2D eigenvalue weighted by atomic mass is 10.1. The lowest BCUT2D eigenvalue weighted by Gasteiger charge is -2.22. The molecule has 94 valence electrons. The molecule has 0 aliphatic carbocycles. The molecular weight excluding hydrogens is 186 g/mol. The van der Waals surface area contributed by atoms with E-state index >= 15 is 0 Å². The van der Waals surface area contributed by atoms with Crippen LogP contribution in [0.25, 0.3) is 0 Å². The number of piperidine rings is 1. The Bertz CT molecular complexity index is 98.7. The molecule has 0 spiro atoms. The van der Waals surface area contributed by atoms with Crippen LogP contribution >= 0.6 is 0 Å². The van der Waals surface area contributed by atoms with Gasteiger partial charge in [-0.3, -0.25) is 0 Å². The summed E-state index contributed by atoms with van der Waals surface area (Å²) in [6, 6.07) is 0. The van der Waals surface area contributed by atoms with Crippen molar-refractivity contribution in [3.05, 3.63) is 0 Å². The number of rotatable bonds is 4. The maximum Gasteiger partial charge on any atom is 0.0770 e. The predicted octanol–water partition coefficient (Wildman–Crippen LogP) is 2.48. The third-order valence-corrected chi connectivity index (χ3v) is 2.94. The second kappa shape index (κ2) is 13.9. The molecule has 0 aromatic rings. The predicted molar refractivity (Wildman–Crippen MR) is 66.8 cm³/mol. The van der Waals surface area contributed by atoms with E-state index in [4.69, 9.17) is 0 Å². The second-order valence-corrected chi connectivity index (χ2v) is 4.41. The Morgan fingerprint density at radius 1 is 0.800 bits per heavy atom. The van der Waals surface area contributed by atoms with Crippen molar-refractivity contribution in [1.29, 1.82) is 0 Å². The summed E-state index contributed by atoms with van der Waals surface area (Å²) in [6.45, 7) is 11.0. The van der Waals surface area contributed by atoms with Gasteiger partial charge in [-0.15, -0.1) is 0 Å². The van der Waals surface area contributed by atoms with Gasteiger partial charge in [-0.25, -0.2) is 0 Å². The normalized spacial score (nSPS) is 16.2. The zero-order chi connectivity index (χ0) is 10.6. The van der Waals surface area contributed by atoms with Gasteiger partial charge in [0.05, 0.1) is 19.6 Å². The lowest BCUT2D eigenvalue weighted by molar-refractivity contribution is -0.905. The zero-order valence-electron chi connectivity index (χ0n) is 11.0. The highest BCUT2D eigenvalue weighted by Gasteiger charge is 2.11. The highest BCUT2D eigenvalue weighted by atomic mass is 16.0. The van der Waals surface area contributed by atoms with Crippen molar-refractivity contribution in [2.24, 2.45) is 0 Å². The highest BCUT2D eigenvalue weighted by Crippen LogP contribution is 1.94. The minimum Gasteiger partial charge on any atom is -0.870 e. The Morgan fingerprint density at radius 2 is 1.33 bits per heavy atom. The van der Waals surface area contributed by atoms with Gasteiger partial charge in [-0.1, -0.05) is 40.0 Å². The standard InChI is InChI=1S/C9H19N.C4H10.H2O/c1-2-3-7-10-8-5-4-6-9-10;1-3-4-2;/h2-9H2,1H3;3-4H2,1-2H3;1H2. The van der Waals surface area contributed by atoms with E-state index in [-0.39, 0.29) is 5.48 Å². The van der Waals surface area contributed by atoms with Crippen LogP contribution in [-0.4, -0.2) is 25.1 Å². The summed E-state index contributed by atoms with van der Waals surface area (Å²) in [5.41, 5.74) is 0. The summed E-state index contributed by atoms with van der Waals surface area (Å²) in [5.74, 6) is 0. The molecule has 0 radical (unpaired) electrons. The average Bonchev–Trinajstić information content (AvgIpc) is 2.28. The van der Waals surface area contributed by atoms with Crippen LogP contribution in [0.15, 0.2) is 0 Å². The monoisotopic (exact) mass is 217 g/mol. The molecule has 1 heterocycles. The van der Waals surface area contributed by atoms with Crippen LogP contribution in [0.3, 0.4) is 0 Å². The van der Waals surface area contributed by atoms with Gasteiger partial charge in [-0.05, 0) is 25.7 Å². The summed E-state index contributed by atoms with van der Waals surface area (Å²) in [7, 11) is 0. The average molecular weight is 217 g/mol. The minimum atomic E-state index is 0. The molecule has 0 saturated carbocycles. The first-order chi connectivity index (χ1) is 6.85. The van der Waals surface area contributed by atoms with Crippen molar-refractivity contribution >= 4 is 0 Å². The van der Waals surface area contributed by atoms with Crippen LogP contribution in [0.5, 0.6) is 0 Å². The van der Waals surface area contributed by atoms with Gasteiger partial charge in [0.15, 0.2) is 0 Å². The number of nitrogens with one attached hydrogen (secondary N) is 1. The van der Waals surface area contributed by atoms with Crippen molar-refractivity contribution in [2.75, 3.05) is 19.6 Å². The summed E-state index contributed by atoms with van der Waals surface area (Å²) >= 11 is 0. The molecule has 0 aromatic carbocycles. The Balaban J connectivity index is 0. The third kappa shape index (κ3) is 11.8. The maximum absolute atomic E-state index is 2.28. The number of hydrogen-bond donors (Lipinski definition) is 1. The smallest absolute Gasteiger partial charge is 0.0770 e. The molecule has 1 aliphatic heterocycles. The Morgan fingerprint density at radius 3 is 1.73 bits per heavy atom. The van der Waals surface area contributed by atoms with Crippen LogP contribution in [0.1, 0.15) is 65.7 Å². The van der Waals surface area contributed by atoms with Crippen molar-refractivity contribution in [1.82, 2.24) is 0 Å². The van der Waals surface area contributed by atoms with Crippen molar-refractivity contribution in [3.8, 4) is 0 Å². The van der Waals surface area contributed by atoms with Crippen LogP contribution in [0, 0.1) is 0 Å². The van der Waals surface area contributed by atoms with Gasteiger partial charge in [0.2, 0.25) is 0 Å². The molecule has 15 heavy (non-hydrogen) atoms. The molecule has 2 heteroatoms. The second-order valence-electron chi connectivity index (χ2n) is 4.41. The van der Waals surface area contributed by atoms with E-state index in [1.165, 1.54) is 64.6 Å². The van der Waals surface area contributed by atoms with Gasteiger partial charge in [-0.2, -0.15) is 0 Å². The number of quaternary nitrogens is 1. The highest BCUT2D eigenvalue weighted by molar-refractivity contribution is 4.45. The molecule has 0 aromatic heterocycles. The van der Waals surface area contributed by atoms with Gasteiger partial charge in [0.1, 0.15) is 0 Å². The Kier molecular flexibility index (Phi) is 16.1. The zero-order valence-corrected chi connectivity index (χ0v) is 11.0. The fraction of sp³-hybridized carbons (Fsp3) is 1.00. The molecule has 1 aliphatic rings. The van der Waals surface area contributed by atoms with E-state index in [0.29, 0.717) is 0 Å². The first-order valence-electron chi connectivity index (χ1n) is 6.68. The number of unbranched alkanes of at least 4 members (excludes halogenated alkanes) is 2. The quantitative estimate of drug-likeness (QED) is 0.771. The summed E-state index contributed by atoms with van der Waals surface area (Å²) in [4.78, 5) is 1.85. The SMILES string of the molecule is CCCC.CCCC[NH+]1CCCCC1.[OH-]. The fourth-order valence-corrected chi connectivity index (χ4v) is 1.73. The van der Waals surface area contributed by atoms with Crippen LogP contribution in [0.4, 0.5) is 0 Å². The first-order valence-corrected chi connectivity index (χ1v) is 6.68. The van der Waals surface area contributed by atoms with Gasteiger partial charge >= 0.3 is 0 Å². The van der Waals surface area contributed by atoms with Crippen molar-refractivity contribution in [2.45, 2.75) is 65.7 Å². The van der Waals surface area contributed by atoms with Gasteiger partial charge in [0.25, 0.3) is 0 Å². The molecule has 1 fully saturated rings. The van der Waals surface area contributed by atoms with E-state index in [0.717, 1.165) is 0 Å². The summed E-state index contributed by atoms with van der Waals surface area (Å²) < 4.78 is 0. The van der Waals surface area contributed by atoms with E-state index < -0.39 is 0 Å². The molecule has 0 atom stereocenters.